The third kappa shape index (κ3) is 2.90. The summed E-state index contributed by atoms with van der Waals surface area (Å²) in [5, 5.41) is 9.47. The highest BCUT2D eigenvalue weighted by atomic mass is 79.9. The second-order valence-corrected chi connectivity index (χ2v) is 7.97. The molecule has 0 spiro atoms. The van der Waals surface area contributed by atoms with Gasteiger partial charge in [0.2, 0.25) is 9.84 Å². The van der Waals surface area contributed by atoms with E-state index in [1.165, 1.54) is 18.3 Å². The van der Waals surface area contributed by atoms with E-state index in [4.69, 9.17) is 10.8 Å². The van der Waals surface area contributed by atoms with E-state index in [1.807, 2.05) is 0 Å². The van der Waals surface area contributed by atoms with Gasteiger partial charge in [-0.25, -0.2) is 18.2 Å². The van der Waals surface area contributed by atoms with Gasteiger partial charge in [-0.1, -0.05) is 15.9 Å². The number of aromatic carboxylic acids is 1. The number of nitrogens with zero attached hydrogens (tertiary/aromatic N) is 1. The van der Waals surface area contributed by atoms with Gasteiger partial charge in [-0.3, -0.25) is 0 Å². The number of aromatic nitrogens is 1. The maximum atomic E-state index is 12.4. The highest BCUT2D eigenvalue weighted by Crippen LogP contribution is 2.28. The van der Waals surface area contributed by atoms with Crippen LogP contribution in [0.3, 0.4) is 0 Å². The quantitative estimate of drug-likeness (QED) is 0.842. The fourth-order valence-electron chi connectivity index (χ4n) is 1.47. The Bertz CT molecular complexity index is 770. The number of halogens is 1. The van der Waals surface area contributed by atoms with Gasteiger partial charge in [0.1, 0.15) is 9.22 Å². The van der Waals surface area contributed by atoms with Gasteiger partial charge < -0.3 is 10.8 Å². The van der Waals surface area contributed by atoms with Crippen LogP contribution in [0.2, 0.25) is 0 Å². The van der Waals surface area contributed by atoms with Gasteiger partial charge in [-0.2, -0.15) is 0 Å². The number of nitrogens with two attached hydrogens (primary N) is 1. The highest BCUT2D eigenvalue weighted by molar-refractivity contribution is 9.10. The Morgan fingerprint density at radius 1 is 1.40 bits per heavy atom. The molecule has 9 heteroatoms. The fourth-order valence-corrected chi connectivity index (χ4v) is 4.64. The predicted molar refractivity (Wildman–Crippen MR) is 76.6 cm³/mol. The number of rotatable bonds is 4. The van der Waals surface area contributed by atoms with Crippen molar-refractivity contribution >= 4 is 43.1 Å². The molecule has 3 N–H and O–H groups in total. The van der Waals surface area contributed by atoms with Crippen LogP contribution in [-0.2, 0) is 16.4 Å². The Morgan fingerprint density at radius 2 is 2.10 bits per heavy atom. The third-order valence-corrected chi connectivity index (χ3v) is 6.07. The van der Waals surface area contributed by atoms with Crippen LogP contribution in [-0.4, -0.2) is 24.5 Å². The van der Waals surface area contributed by atoms with E-state index < -0.39 is 15.8 Å². The number of sulfone groups is 1. The zero-order chi connectivity index (χ0) is 14.9. The summed E-state index contributed by atoms with van der Waals surface area (Å²) in [5.74, 6) is -1.20. The van der Waals surface area contributed by atoms with Crippen molar-refractivity contribution in [2.45, 2.75) is 15.6 Å². The van der Waals surface area contributed by atoms with E-state index in [-0.39, 0.29) is 21.2 Å². The van der Waals surface area contributed by atoms with Gasteiger partial charge in [-0.05, 0) is 18.2 Å². The lowest BCUT2D eigenvalue weighted by Gasteiger charge is -2.04. The first-order valence-corrected chi connectivity index (χ1v) is 8.37. The Kier molecular flexibility index (Phi) is 4.23. The number of benzene rings is 1. The van der Waals surface area contributed by atoms with E-state index in [1.54, 1.807) is 0 Å². The first-order valence-electron chi connectivity index (χ1n) is 5.28. The molecule has 0 aliphatic heterocycles. The molecule has 0 saturated carbocycles. The largest absolute Gasteiger partial charge is 0.478 e. The Labute approximate surface area is 127 Å². The summed E-state index contributed by atoms with van der Waals surface area (Å²) in [6.07, 6.45) is 1.23. The van der Waals surface area contributed by atoms with Crippen molar-refractivity contribution in [2.75, 3.05) is 0 Å². The number of thiazole rings is 1. The Hall–Kier alpha value is -1.29. The Morgan fingerprint density at radius 3 is 2.65 bits per heavy atom. The summed E-state index contributed by atoms with van der Waals surface area (Å²) in [6.45, 7) is 0.152. The average molecular weight is 377 g/mol. The zero-order valence-electron chi connectivity index (χ0n) is 9.91. The van der Waals surface area contributed by atoms with Gasteiger partial charge in [0.15, 0.2) is 0 Å². The second kappa shape index (κ2) is 5.60. The number of hydrogen-bond donors (Lipinski definition) is 2. The fraction of sp³-hybridized carbons (Fsp3) is 0.0909. The molecule has 6 nitrogen and oxygen atoms in total. The van der Waals surface area contributed by atoms with E-state index in [2.05, 4.69) is 20.9 Å². The van der Waals surface area contributed by atoms with E-state index in [0.717, 1.165) is 17.4 Å². The van der Waals surface area contributed by atoms with Gasteiger partial charge in [0.05, 0.1) is 16.7 Å². The van der Waals surface area contributed by atoms with Crippen molar-refractivity contribution < 1.29 is 18.3 Å². The first kappa shape index (κ1) is 15.1. The van der Waals surface area contributed by atoms with Crippen molar-refractivity contribution in [1.82, 2.24) is 4.98 Å². The molecule has 0 bridgehead atoms. The molecule has 0 aliphatic rings. The van der Waals surface area contributed by atoms with Crippen molar-refractivity contribution in [2.24, 2.45) is 5.73 Å². The summed E-state index contributed by atoms with van der Waals surface area (Å²) in [6, 6.07) is 3.80. The minimum Gasteiger partial charge on any atom is -0.478 e. The number of carbonyl (C=O) groups is 1. The summed E-state index contributed by atoms with van der Waals surface area (Å²) in [7, 11) is -3.80. The monoisotopic (exact) mass is 376 g/mol. The van der Waals surface area contributed by atoms with Gasteiger partial charge >= 0.3 is 5.97 Å². The average Bonchev–Trinajstić information content (AvgIpc) is 2.87. The molecule has 0 aliphatic carbocycles. The van der Waals surface area contributed by atoms with Gasteiger partial charge in [-0.15, -0.1) is 11.3 Å². The smallest absolute Gasteiger partial charge is 0.335 e. The van der Waals surface area contributed by atoms with Crippen LogP contribution in [0.5, 0.6) is 0 Å². The summed E-state index contributed by atoms with van der Waals surface area (Å²) in [4.78, 5) is 14.8. The van der Waals surface area contributed by atoms with Crippen molar-refractivity contribution in [3.8, 4) is 0 Å². The second-order valence-electron chi connectivity index (χ2n) is 3.76. The molecule has 2 rings (SSSR count). The molecule has 0 saturated heterocycles. The molecule has 0 radical (unpaired) electrons. The van der Waals surface area contributed by atoms with Crippen LogP contribution < -0.4 is 5.73 Å². The molecule has 0 amide bonds. The number of hydrogen-bond acceptors (Lipinski definition) is 6. The predicted octanol–water partition coefficient (Wildman–Crippen LogP) is 1.90. The van der Waals surface area contributed by atoms with Crippen LogP contribution in [0.15, 0.2) is 38.0 Å². The van der Waals surface area contributed by atoms with E-state index >= 15 is 0 Å². The van der Waals surface area contributed by atoms with E-state index in [9.17, 15) is 13.2 Å². The molecule has 0 fully saturated rings. The van der Waals surface area contributed by atoms with Crippen LogP contribution in [0.4, 0.5) is 0 Å². The van der Waals surface area contributed by atoms with Crippen LogP contribution >= 0.6 is 27.3 Å². The molecule has 2 aromatic rings. The number of carboxylic acid groups (broad SMARTS) is 1. The lowest BCUT2D eigenvalue weighted by atomic mass is 10.2. The molecular formula is C11H9BrN2O4S2. The number of carboxylic acids is 1. The topological polar surface area (TPSA) is 110 Å². The zero-order valence-corrected chi connectivity index (χ0v) is 13.1. The molecule has 1 aromatic heterocycles. The highest BCUT2D eigenvalue weighted by Gasteiger charge is 2.22. The molecule has 20 heavy (non-hydrogen) atoms. The normalized spacial score (nSPS) is 11.5. The van der Waals surface area contributed by atoms with Gasteiger partial charge in [0.25, 0.3) is 0 Å². The first-order chi connectivity index (χ1) is 9.34. The molecular weight excluding hydrogens is 368 g/mol. The summed E-state index contributed by atoms with van der Waals surface area (Å²) < 4.78 is 25.2. The van der Waals surface area contributed by atoms with Crippen LogP contribution in [0, 0.1) is 0 Å². The molecule has 106 valence electrons. The lowest BCUT2D eigenvalue weighted by molar-refractivity contribution is 0.0696. The molecule has 1 heterocycles. The molecule has 0 atom stereocenters. The minimum absolute atomic E-state index is 0.0346. The van der Waals surface area contributed by atoms with Crippen molar-refractivity contribution in [3.05, 3.63) is 39.4 Å². The van der Waals surface area contributed by atoms with E-state index in [0.29, 0.717) is 9.48 Å². The standard InChI is InChI=1S/C11H9BrN2O4S2/c12-7-1-6(11(15)16)2-8(3-7)20(17,18)10-5-14-9(4-13)19-10/h1-3,5H,4,13H2,(H,15,16). The maximum Gasteiger partial charge on any atom is 0.335 e. The van der Waals surface area contributed by atoms with Crippen molar-refractivity contribution in [1.29, 1.82) is 0 Å². The van der Waals surface area contributed by atoms with Gasteiger partial charge in [0, 0.05) is 11.0 Å². The SMILES string of the molecule is NCc1ncc(S(=O)(=O)c2cc(Br)cc(C(=O)O)c2)s1. The van der Waals surface area contributed by atoms with Crippen LogP contribution in [0.1, 0.15) is 15.4 Å². The lowest BCUT2D eigenvalue weighted by Crippen LogP contribution is -2.03. The summed E-state index contributed by atoms with van der Waals surface area (Å²) in [5.41, 5.74) is 5.29. The summed E-state index contributed by atoms with van der Waals surface area (Å²) >= 11 is 4.07. The third-order valence-electron chi connectivity index (χ3n) is 2.40. The minimum atomic E-state index is -3.80. The molecule has 0 unspecified atom stereocenters. The Balaban J connectivity index is 2.57. The maximum absolute atomic E-state index is 12.4. The van der Waals surface area contributed by atoms with Crippen LogP contribution in [0.25, 0.3) is 0 Å². The van der Waals surface area contributed by atoms with Crippen molar-refractivity contribution in [3.63, 3.8) is 0 Å². The molecule has 1 aromatic carbocycles.